The van der Waals surface area contributed by atoms with Crippen molar-refractivity contribution in [3.05, 3.63) is 69.7 Å². The van der Waals surface area contributed by atoms with Gasteiger partial charge in [-0.05, 0) is 36.3 Å². The number of imidazole rings is 1. The Balaban J connectivity index is 1.42. The Labute approximate surface area is 245 Å². The van der Waals surface area contributed by atoms with Gasteiger partial charge < -0.3 is 18.8 Å². The molecule has 0 aliphatic carbocycles. The molecule has 0 fully saturated rings. The molecule has 1 N–H and O–H groups in total. The molecule has 0 aliphatic heterocycles. The Hall–Kier alpha value is -4.16. The molecule has 0 amide bonds. The number of hydrogen-bond acceptors (Lipinski definition) is 10. The standard InChI is InChI=1S/C29H29N5O5S2/c1-5-38-29(36)39-16-22-30-26(33-32-22)21-10-8-7-9-20(21)19-13-11-18(12-14-19)15-34-24-23(31-28(34)40-6-2)17(3)41-25(24)27(35)37-4/h7-14H,5-6,15-16H2,1-4H3,(H,30,32,33). The molecule has 212 valence electrons. The second kappa shape index (κ2) is 12.6. The predicted octanol–water partition coefficient (Wildman–Crippen LogP) is 6.48. The number of carbonyl (C=O) groups excluding carboxylic acids is 2. The number of H-pyrrole nitrogens is 1. The zero-order chi connectivity index (χ0) is 28.9. The van der Waals surface area contributed by atoms with Gasteiger partial charge in [0, 0.05) is 10.4 Å². The molecule has 0 aliphatic rings. The van der Waals surface area contributed by atoms with Gasteiger partial charge in [-0.1, -0.05) is 67.2 Å². The Bertz CT molecular complexity index is 1690. The van der Waals surface area contributed by atoms with E-state index < -0.39 is 6.16 Å². The van der Waals surface area contributed by atoms with E-state index in [1.54, 1.807) is 18.7 Å². The van der Waals surface area contributed by atoms with Crippen LogP contribution in [-0.2, 0) is 27.4 Å². The van der Waals surface area contributed by atoms with Crippen molar-refractivity contribution >= 4 is 46.3 Å². The minimum atomic E-state index is -0.751. The molecule has 5 aromatic rings. The van der Waals surface area contributed by atoms with Crippen molar-refractivity contribution in [1.82, 2.24) is 24.7 Å². The van der Waals surface area contributed by atoms with E-state index in [-0.39, 0.29) is 19.2 Å². The lowest BCUT2D eigenvalue weighted by Gasteiger charge is -2.11. The predicted molar refractivity (Wildman–Crippen MR) is 158 cm³/mol. The van der Waals surface area contributed by atoms with Crippen molar-refractivity contribution in [1.29, 1.82) is 0 Å². The molecule has 12 heteroatoms. The SMILES string of the molecule is CCOC(=O)OCc1nc(-c2ccccc2-c2ccc(Cn3c(SCC)nc4c(C)sc(C(=O)OC)c43)cc2)n[nH]1. The number of hydrogen-bond donors (Lipinski definition) is 1. The maximum absolute atomic E-state index is 12.6. The van der Waals surface area contributed by atoms with Gasteiger partial charge in [-0.3, -0.25) is 5.10 Å². The molecule has 10 nitrogen and oxygen atoms in total. The fraction of sp³-hybridized carbons (Fsp3) is 0.276. The van der Waals surface area contributed by atoms with Gasteiger partial charge in [0.05, 0.1) is 25.8 Å². The summed E-state index contributed by atoms with van der Waals surface area (Å²) in [5, 5.41) is 8.04. The quantitative estimate of drug-likeness (QED) is 0.144. The van der Waals surface area contributed by atoms with Crippen LogP contribution in [0.15, 0.2) is 53.7 Å². The first-order valence-corrected chi connectivity index (χ1v) is 14.8. The Morgan fingerprint density at radius 1 is 1.02 bits per heavy atom. The zero-order valence-corrected chi connectivity index (χ0v) is 24.7. The van der Waals surface area contributed by atoms with E-state index in [2.05, 4.69) is 50.9 Å². The number of esters is 1. The van der Waals surface area contributed by atoms with Crippen LogP contribution in [0.5, 0.6) is 0 Å². The van der Waals surface area contributed by atoms with Crippen molar-refractivity contribution in [3.63, 3.8) is 0 Å². The maximum Gasteiger partial charge on any atom is 0.508 e. The fourth-order valence-electron chi connectivity index (χ4n) is 4.44. The van der Waals surface area contributed by atoms with Crippen molar-refractivity contribution in [2.24, 2.45) is 0 Å². The molecule has 0 saturated carbocycles. The van der Waals surface area contributed by atoms with E-state index >= 15 is 0 Å². The van der Waals surface area contributed by atoms with Gasteiger partial charge >= 0.3 is 12.1 Å². The highest BCUT2D eigenvalue weighted by Gasteiger charge is 2.24. The summed E-state index contributed by atoms with van der Waals surface area (Å²) in [5.74, 6) is 1.43. The summed E-state index contributed by atoms with van der Waals surface area (Å²) in [6, 6.07) is 16.1. The summed E-state index contributed by atoms with van der Waals surface area (Å²) in [6.07, 6.45) is -0.751. The third-order valence-electron chi connectivity index (χ3n) is 6.27. The molecule has 0 saturated heterocycles. The lowest BCUT2D eigenvalue weighted by Crippen LogP contribution is -2.07. The first-order valence-electron chi connectivity index (χ1n) is 13.0. The maximum atomic E-state index is 12.6. The van der Waals surface area contributed by atoms with Crippen molar-refractivity contribution in [3.8, 4) is 22.5 Å². The lowest BCUT2D eigenvalue weighted by molar-refractivity contribution is 0.0518. The summed E-state index contributed by atoms with van der Waals surface area (Å²) >= 11 is 3.06. The number of rotatable bonds is 10. The molecule has 3 aromatic heterocycles. The minimum Gasteiger partial charge on any atom is -0.465 e. The van der Waals surface area contributed by atoms with Crippen LogP contribution < -0.4 is 0 Å². The monoisotopic (exact) mass is 591 g/mol. The van der Waals surface area contributed by atoms with Crippen LogP contribution in [0.25, 0.3) is 33.5 Å². The Morgan fingerprint density at radius 2 is 1.78 bits per heavy atom. The van der Waals surface area contributed by atoms with Gasteiger partial charge in [0.15, 0.2) is 23.4 Å². The number of carbonyl (C=O) groups is 2. The van der Waals surface area contributed by atoms with E-state index in [1.165, 1.54) is 18.4 Å². The lowest BCUT2D eigenvalue weighted by atomic mass is 9.98. The van der Waals surface area contributed by atoms with Gasteiger partial charge in [0.1, 0.15) is 10.4 Å². The van der Waals surface area contributed by atoms with E-state index in [0.29, 0.717) is 23.1 Å². The van der Waals surface area contributed by atoms with Crippen LogP contribution in [0.2, 0.25) is 0 Å². The normalized spacial score (nSPS) is 11.1. The summed E-state index contributed by atoms with van der Waals surface area (Å²) in [5.41, 5.74) is 5.53. The van der Waals surface area contributed by atoms with Crippen LogP contribution in [0.4, 0.5) is 4.79 Å². The Morgan fingerprint density at radius 3 is 2.49 bits per heavy atom. The largest absolute Gasteiger partial charge is 0.508 e. The molecule has 0 unspecified atom stereocenters. The number of thiophene rings is 1. The highest BCUT2D eigenvalue weighted by Crippen LogP contribution is 2.36. The van der Waals surface area contributed by atoms with Gasteiger partial charge in [0.2, 0.25) is 0 Å². The summed E-state index contributed by atoms with van der Waals surface area (Å²) in [4.78, 5) is 35.0. The molecule has 3 heterocycles. The summed E-state index contributed by atoms with van der Waals surface area (Å²) in [6.45, 7) is 6.51. The van der Waals surface area contributed by atoms with Crippen LogP contribution in [0.3, 0.4) is 0 Å². The van der Waals surface area contributed by atoms with Crippen molar-refractivity contribution in [2.45, 2.75) is 39.1 Å². The number of ether oxygens (including phenoxy) is 3. The number of nitrogens with zero attached hydrogens (tertiary/aromatic N) is 4. The van der Waals surface area contributed by atoms with E-state index in [9.17, 15) is 9.59 Å². The first kappa shape index (κ1) is 28.4. The molecule has 41 heavy (non-hydrogen) atoms. The molecular formula is C29H29N5O5S2. The average Bonchev–Trinajstić information content (AvgIpc) is 3.69. The number of aromatic amines is 1. The number of aromatic nitrogens is 5. The third kappa shape index (κ3) is 5.98. The highest BCUT2D eigenvalue weighted by atomic mass is 32.2. The fourth-order valence-corrected chi connectivity index (χ4v) is 6.19. The number of methoxy groups -OCH3 is 1. The van der Waals surface area contributed by atoms with Crippen molar-refractivity contribution < 1.29 is 23.8 Å². The molecular weight excluding hydrogens is 562 g/mol. The molecule has 5 rings (SSSR count). The second-order valence-electron chi connectivity index (χ2n) is 8.91. The van der Waals surface area contributed by atoms with Crippen LogP contribution in [-0.4, -0.2) is 56.3 Å². The van der Waals surface area contributed by atoms with Crippen LogP contribution in [0.1, 0.15) is 39.8 Å². The van der Waals surface area contributed by atoms with Crippen molar-refractivity contribution in [2.75, 3.05) is 19.5 Å². The molecule has 0 radical (unpaired) electrons. The van der Waals surface area contributed by atoms with E-state index in [0.717, 1.165) is 49.1 Å². The van der Waals surface area contributed by atoms with E-state index in [1.807, 2.05) is 31.2 Å². The third-order valence-corrected chi connectivity index (χ3v) is 8.20. The van der Waals surface area contributed by atoms with Gasteiger partial charge in [-0.2, -0.15) is 5.10 Å². The summed E-state index contributed by atoms with van der Waals surface area (Å²) in [7, 11) is 1.40. The second-order valence-corrected chi connectivity index (χ2v) is 11.4. The van der Waals surface area contributed by atoms with Crippen LogP contribution in [0, 0.1) is 6.92 Å². The minimum absolute atomic E-state index is 0.0656. The number of nitrogens with one attached hydrogen (secondary N) is 1. The smallest absolute Gasteiger partial charge is 0.465 e. The number of benzene rings is 2. The first-order chi connectivity index (χ1) is 19.9. The topological polar surface area (TPSA) is 121 Å². The zero-order valence-electron chi connectivity index (χ0n) is 23.1. The molecule has 0 spiro atoms. The summed E-state index contributed by atoms with van der Waals surface area (Å²) < 4.78 is 17.0. The van der Waals surface area contributed by atoms with Gasteiger partial charge in [-0.15, -0.1) is 11.3 Å². The van der Waals surface area contributed by atoms with E-state index in [4.69, 9.17) is 19.2 Å². The average molecular weight is 592 g/mol. The highest BCUT2D eigenvalue weighted by molar-refractivity contribution is 7.99. The van der Waals surface area contributed by atoms with Gasteiger partial charge in [-0.25, -0.2) is 19.6 Å². The van der Waals surface area contributed by atoms with Gasteiger partial charge in [0.25, 0.3) is 0 Å². The number of fused-ring (bicyclic) bond motifs is 1. The molecule has 0 atom stereocenters. The number of aryl methyl sites for hydroxylation is 1. The van der Waals surface area contributed by atoms with Crippen LogP contribution >= 0.6 is 23.1 Å². The number of thioether (sulfide) groups is 1. The molecule has 2 aromatic carbocycles. The Kier molecular flexibility index (Phi) is 8.70. The molecule has 0 bridgehead atoms.